The first-order chi connectivity index (χ1) is 18.1. The molecule has 0 bridgehead atoms. The summed E-state index contributed by atoms with van der Waals surface area (Å²) in [6.45, 7) is 2.68. The van der Waals surface area contributed by atoms with Crippen LogP contribution in [0.4, 0.5) is 4.39 Å². The van der Waals surface area contributed by atoms with Gasteiger partial charge < -0.3 is 4.57 Å². The van der Waals surface area contributed by atoms with Gasteiger partial charge >= 0.3 is 0 Å². The highest BCUT2D eigenvalue weighted by Gasteiger charge is 2.22. The standard InChI is InChI=1S/C31H29FN4O/c1-21-27(25-11-6-8-14-29(25)35(21)20-22-15-17-24(32)18-16-22)19-33-36-30(23-9-3-2-4-10-23)34-28-13-7-5-12-26(28)31(36)37/h5-8,11-19,23H,2-4,9-10,20H2,1H3. The largest absolute Gasteiger partial charge is 0.340 e. The van der Waals surface area contributed by atoms with Crippen LogP contribution in [-0.4, -0.2) is 20.4 Å². The van der Waals surface area contributed by atoms with Crippen LogP contribution in [0, 0.1) is 12.7 Å². The number of nitrogens with zero attached hydrogens (tertiary/aromatic N) is 4. The average molecular weight is 493 g/mol. The monoisotopic (exact) mass is 492 g/mol. The summed E-state index contributed by atoms with van der Waals surface area (Å²) in [5.74, 6) is 0.741. The Kier molecular flexibility index (Phi) is 6.16. The van der Waals surface area contributed by atoms with Crippen LogP contribution in [0.15, 0.2) is 82.7 Å². The first kappa shape index (κ1) is 23.3. The molecule has 0 saturated heterocycles. The molecular formula is C31H29FN4O. The predicted octanol–water partition coefficient (Wildman–Crippen LogP) is 6.78. The van der Waals surface area contributed by atoms with Crippen molar-refractivity contribution in [3.63, 3.8) is 0 Å². The normalized spacial score (nSPS) is 14.8. The second-order valence-electron chi connectivity index (χ2n) is 9.91. The minimum Gasteiger partial charge on any atom is -0.340 e. The van der Waals surface area contributed by atoms with E-state index in [1.54, 1.807) is 0 Å². The lowest BCUT2D eigenvalue weighted by atomic mass is 9.88. The van der Waals surface area contributed by atoms with E-state index in [2.05, 4.69) is 23.6 Å². The smallest absolute Gasteiger partial charge is 0.282 e. The van der Waals surface area contributed by atoms with Gasteiger partial charge in [-0.3, -0.25) is 4.79 Å². The third-order valence-electron chi connectivity index (χ3n) is 7.59. The first-order valence-corrected chi connectivity index (χ1v) is 13.0. The first-order valence-electron chi connectivity index (χ1n) is 13.0. The maximum atomic E-state index is 13.6. The lowest BCUT2D eigenvalue weighted by Gasteiger charge is -2.22. The van der Waals surface area contributed by atoms with Crippen molar-refractivity contribution in [2.45, 2.75) is 51.5 Å². The van der Waals surface area contributed by atoms with Gasteiger partial charge in [0.25, 0.3) is 5.56 Å². The molecule has 2 aromatic heterocycles. The Bertz CT molecular complexity index is 1670. The van der Waals surface area contributed by atoms with Crippen molar-refractivity contribution < 1.29 is 4.39 Å². The fraction of sp³-hybridized carbons (Fsp3) is 0.258. The van der Waals surface area contributed by atoms with Gasteiger partial charge in [0, 0.05) is 34.6 Å². The maximum Gasteiger partial charge on any atom is 0.282 e. The van der Waals surface area contributed by atoms with Crippen molar-refractivity contribution in [3.8, 4) is 0 Å². The molecule has 0 amide bonds. The van der Waals surface area contributed by atoms with E-state index in [9.17, 15) is 9.18 Å². The van der Waals surface area contributed by atoms with Gasteiger partial charge in [0.05, 0.1) is 17.1 Å². The van der Waals surface area contributed by atoms with Crippen LogP contribution in [0.3, 0.4) is 0 Å². The van der Waals surface area contributed by atoms with Gasteiger partial charge in [0.15, 0.2) is 0 Å². The number of rotatable bonds is 5. The molecule has 6 rings (SSSR count). The summed E-state index contributed by atoms with van der Waals surface area (Å²) in [7, 11) is 0. The molecule has 3 aromatic carbocycles. The van der Waals surface area contributed by atoms with Gasteiger partial charge in [-0.15, -0.1) is 0 Å². The van der Waals surface area contributed by atoms with E-state index in [4.69, 9.17) is 10.1 Å². The minimum absolute atomic E-state index is 0.130. The molecule has 186 valence electrons. The van der Waals surface area contributed by atoms with E-state index >= 15 is 0 Å². The van der Waals surface area contributed by atoms with Crippen molar-refractivity contribution in [2.24, 2.45) is 5.10 Å². The Morgan fingerprint density at radius 3 is 2.43 bits per heavy atom. The maximum absolute atomic E-state index is 13.6. The van der Waals surface area contributed by atoms with E-state index < -0.39 is 0 Å². The Morgan fingerprint density at radius 2 is 1.65 bits per heavy atom. The van der Waals surface area contributed by atoms with Crippen LogP contribution >= 0.6 is 0 Å². The number of fused-ring (bicyclic) bond motifs is 2. The fourth-order valence-electron chi connectivity index (χ4n) is 5.59. The molecule has 6 heteroatoms. The third kappa shape index (κ3) is 4.37. The van der Waals surface area contributed by atoms with E-state index in [1.807, 2.05) is 54.7 Å². The minimum atomic E-state index is -0.242. The molecule has 1 aliphatic rings. The summed E-state index contributed by atoms with van der Waals surface area (Å²) in [4.78, 5) is 18.5. The summed E-state index contributed by atoms with van der Waals surface area (Å²) >= 11 is 0. The van der Waals surface area contributed by atoms with Crippen molar-refractivity contribution in [3.05, 3.63) is 112 Å². The quantitative estimate of drug-likeness (QED) is 0.254. The van der Waals surface area contributed by atoms with Crippen LogP contribution in [0.25, 0.3) is 21.8 Å². The van der Waals surface area contributed by atoms with Crippen LogP contribution < -0.4 is 5.56 Å². The highest BCUT2D eigenvalue weighted by molar-refractivity contribution is 6.01. The molecule has 1 fully saturated rings. The van der Waals surface area contributed by atoms with Crippen molar-refractivity contribution in [1.29, 1.82) is 0 Å². The molecule has 5 aromatic rings. The van der Waals surface area contributed by atoms with Gasteiger partial charge in [-0.1, -0.05) is 61.7 Å². The van der Waals surface area contributed by atoms with Crippen LogP contribution in [0.1, 0.15) is 60.7 Å². The highest BCUT2D eigenvalue weighted by Crippen LogP contribution is 2.32. The average Bonchev–Trinajstić information content (AvgIpc) is 3.20. The summed E-state index contributed by atoms with van der Waals surface area (Å²) < 4.78 is 17.2. The topological polar surface area (TPSA) is 52.2 Å². The van der Waals surface area contributed by atoms with Gasteiger partial charge in [0.1, 0.15) is 11.6 Å². The number of benzene rings is 3. The molecule has 1 aliphatic carbocycles. The summed E-state index contributed by atoms with van der Waals surface area (Å²) in [6, 6.07) is 22.3. The number of para-hydroxylation sites is 2. The number of halogens is 1. The third-order valence-corrected chi connectivity index (χ3v) is 7.59. The van der Waals surface area contributed by atoms with Crippen molar-refractivity contribution in [2.75, 3.05) is 0 Å². The second kappa shape index (κ2) is 9.77. The zero-order chi connectivity index (χ0) is 25.4. The van der Waals surface area contributed by atoms with Gasteiger partial charge in [-0.25, -0.2) is 9.37 Å². The molecule has 37 heavy (non-hydrogen) atoms. The SMILES string of the molecule is Cc1c(C=Nn2c(C3CCCCC3)nc3ccccc3c2=O)c2ccccc2n1Cc1ccc(F)cc1. The predicted molar refractivity (Wildman–Crippen MR) is 147 cm³/mol. The molecular weight excluding hydrogens is 463 g/mol. The van der Waals surface area contributed by atoms with Gasteiger partial charge in [-0.05, 0) is 55.7 Å². The van der Waals surface area contributed by atoms with Gasteiger partial charge in [0.2, 0.25) is 0 Å². The van der Waals surface area contributed by atoms with Crippen molar-refractivity contribution >= 4 is 28.0 Å². The van der Waals surface area contributed by atoms with Crippen LogP contribution in [-0.2, 0) is 6.54 Å². The molecule has 0 spiro atoms. The summed E-state index contributed by atoms with van der Waals surface area (Å²) in [5.41, 5.74) is 4.69. The molecule has 0 unspecified atom stereocenters. The lowest BCUT2D eigenvalue weighted by Crippen LogP contribution is -2.25. The number of hydrogen-bond acceptors (Lipinski definition) is 3. The van der Waals surface area contributed by atoms with E-state index in [0.29, 0.717) is 11.9 Å². The zero-order valence-corrected chi connectivity index (χ0v) is 20.9. The molecule has 2 heterocycles. The van der Waals surface area contributed by atoms with E-state index in [-0.39, 0.29) is 17.3 Å². The number of hydrogen-bond donors (Lipinski definition) is 0. The van der Waals surface area contributed by atoms with E-state index in [1.165, 1.54) is 23.2 Å². The van der Waals surface area contributed by atoms with Crippen LogP contribution in [0.2, 0.25) is 0 Å². The molecule has 1 saturated carbocycles. The lowest BCUT2D eigenvalue weighted by molar-refractivity contribution is 0.416. The highest BCUT2D eigenvalue weighted by atomic mass is 19.1. The second-order valence-corrected chi connectivity index (χ2v) is 9.91. The summed E-state index contributed by atoms with van der Waals surface area (Å²) in [6.07, 6.45) is 7.38. The Hall–Kier alpha value is -4.06. The van der Waals surface area contributed by atoms with Crippen molar-refractivity contribution in [1.82, 2.24) is 14.2 Å². The number of aromatic nitrogens is 3. The molecule has 0 atom stereocenters. The Labute approximate surface area is 214 Å². The summed E-state index contributed by atoms with van der Waals surface area (Å²) in [5, 5.41) is 6.44. The molecule has 5 nitrogen and oxygen atoms in total. The van der Waals surface area contributed by atoms with Gasteiger partial charge in [-0.2, -0.15) is 9.78 Å². The molecule has 0 N–H and O–H groups in total. The Balaban J connectivity index is 1.48. The van der Waals surface area contributed by atoms with E-state index in [0.717, 1.165) is 64.7 Å². The van der Waals surface area contributed by atoms with Crippen LogP contribution in [0.5, 0.6) is 0 Å². The zero-order valence-electron chi connectivity index (χ0n) is 20.9. The molecule has 0 aliphatic heterocycles. The fourth-order valence-corrected chi connectivity index (χ4v) is 5.59. The molecule has 0 radical (unpaired) electrons. The Morgan fingerprint density at radius 1 is 0.946 bits per heavy atom.